The summed E-state index contributed by atoms with van der Waals surface area (Å²) >= 11 is 0. The van der Waals surface area contributed by atoms with Gasteiger partial charge in [0.25, 0.3) is 0 Å². The van der Waals surface area contributed by atoms with Crippen molar-refractivity contribution < 1.29 is 24.1 Å². The number of aliphatic hydroxyl groups is 1. The number of benzene rings is 2. The van der Waals surface area contributed by atoms with Crippen LogP contribution in [-0.4, -0.2) is 58.1 Å². The van der Waals surface area contributed by atoms with Crippen molar-refractivity contribution in [3.05, 3.63) is 47.5 Å². The summed E-state index contributed by atoms with van der Waals surface area (Å²) in [4.78, 5) is 2.14. The first kappa shape index (κ1) is 28.3. The van der Waals surface area contributed by atoms with Gasteiger partial charge in [-0.15, -0.1) is 0 Å². The standard InChI is InChI=1S/C28H40N2O5/c1-20(2)28(19-29,22-11-13-25(33-5)27(16-22)35-7)14-8-9-23(18-31)30(3)17-21-10-12-24(32-4)26(15-21)34-6/h10-13,15-16,20,23,31H,8-9,14,17-18H2,1-7H3. The quantitative estimate of drug-likeness (QED) is 0.412. The summed E-state index contributed by atoms with van der Waals surface area (Å²) in [5.74, 6) is 2.73. The molecule has 35 heavy (non-hydrogen) atoms. The Kier molecular flexibility index (Phi) is 10.7. The van der Waals surface area contributed by atoms with Gasteiger partial charge in [-0.3, -0.25) is 4.90 Å². The lowest BCUT2D eigenvalue weighted by Crippen LogP contribution is -2.35. The summed E-state index contributed by atoms with van der Waals surface area (Å²) in [5, 5.41) is 20.4. The van der Waals surface area contributed by atoms with Crippen LogP contribution in [0, 0.1) is 17.2 Å². The van der Waals surface area contributed by atoms with Crippen molar-refractivity contribution in [1.82, 2.24) is 4.90 Å². The van der Waals surface area contributed by atoms with E-state index in [9.17, 15) is 10.4 Å². The molecule has 2 rings (SSSR count). The fourth-order valence-electron chi connectivity index (χ4n) is 4.59. The maximum atomic E-state index is 10.3. The van der Waals surface area contributed by atoms with Gasteiger partial charge in [-0.1, -0.05) is 26.0 Å². The van der Waals surface area contributed by atoms with E-state index < -0.39 is 5.41 Å². The van der Waals surface area contributed by atoms with Crippen LogP contribution in [0.15, 0.2) is 36.4 Å². The van der Waals surface area contributed by atoms with Crippen molar-refractivity contribution in [2.45, 2.75) is 51.1 Å². The highest BCUT2D eigenvalue weighted by Crippen LogP contribution is 2.41. The van der Waals surface area contributed by atoms with Crippen LogP contribution in [0.3, 0.4) is 0 Å². The molecule has 0 amide bonds. The average Bonchev–Trinajstić information content (AvgIpc) is 2.88. The molecule has 0 heterocycles. The molecule has 2 unspecified atom stereocenters. The smallest absolute Gasteiger partial charge is 0.161 e. The van der Waals surface area contributed by atoms with E-state index in [0.29, 0.717) is 36.0 Å². The minimum atomic E-state index is -0.665. The molecule has 0 radical (unpaired) electrons. The molecule has 2 aromatic carbocycles. The minimum Gasteiger partial charge on any atom is -0.493 e. The number of methoxy groups -OCH3 is 4. The van der Waals surface area contributed by atoms with Gasteiger partial charge in [-0.2, -0.15) is 5.26 Å². The van der Waals surface area contributed by atoms with Gasteiger partial charge < -0.3 is 24.1 Å². The van der Waals surface area contributed by atoms with Crippen LogP contribution in [-0.2, 0) is 12.0 Å². The van der Waals surface area contributed by atoms with E-state index in [0.717, 1.165) is 24.0 Å². The molecule has 0 bridgehead atoms. The lowest BCUT2D eigenvalue weighted by Gasteiger charge is -2.33. The van der Waals surface area contributed by atoms with E-state index in [1.807, 2.05) is 43.4 Å². The fraction of sp³-hybridized carbons (Fsp3) is 0.536. The Labute approximate surface area is 210 Å². The van der Waals surface area contributed by atoms with Gasteiger partial charge in [0.15, 0.2) is 23.0 Å². The molecule has 7 nitrogen and oxygen atoms in total. The summed E-state index contributed by atoms with van der Waals surface area (Å²) in [7, 11) is 8.45. The lowest BCUT2D eigenvalue weighted by atomic mass is 9.69. The van der Waals surface area contributed by atoms with Crippen LogP contribution >= 0.6 is 0 Å². The van der Waals surface area contributed by atoms with Crippen molar-refractivity contribution in [2.75, 3.05) is 42.1 Å². The minimum absolute atomic E-state index is 0.0305. The molecule has 1 N–H and O–H groups in total. The summed E-state index contributed by atoms with van der Waals surface area (Å²) in [6.45, 7) is 4.86. The molecule has 0 aliphatic carbocycles. The molecular weight excluding hydrogens is 444 g/mol. The van der Waals surface area contributed by atoms with E-state index in [-0.39, 0.29) is 18.6 Å². The largest absolute Gasteiger partial charge is 0.493 e. The predicted molar refractivity (Wildman–Crippen MR) is 137 cm³/mol. The van der Waals surface area contributed by atoms with Gasteiger partial charge in [0.1, 0.15) is 0 Å². The van der Waals surface area contributed by atoms with E-state index in [2.05, 4.69) is 24.8 Å². The molecule has 2 atom stereocenters. The molecule has 0 aliphatic heterocycles. The summed E-state index contributed by atoms with van der Waals surface area (Å²) in [6.07, 6.45) is 2.24. The molecular formula is C28H40N2O5. The Bertz CT molecular complexity index is 988. The number of ether oxygens (including phenoxy) is 4. The second-order valence-electron chi connectivity index (χ2n) is 9.14. The monoisotopic (exact) mass is 484 g/mol. The Hall–Kier alpha value is -2.95. The molecule has 192 valence electrons. The highest BCUT2D eigenvalue weighted by Gasteiger charge is 2.36. The first-order valence-electron chi connectivity index (χ1n) is 12.0. The zero-order valence-electron chi connectivity index (χ0n) is 22.1. The third kappa shape index (κ3) is 6.59. The van der Waals surface area contributed by atoms with Gasteiger partial charge in [-0.05, 0) is 67.6 Å². The van der Waals surface area contributed by atoms with Crippen LogP contribution in [0.2, 0.25) is 0 Å². The molecule has 0 saturated heterocycles. The Morgan fingerprint density at radius 2 is 1.49 bits per heavy atom. The van der Waals surface area contributed by atoms with Gasteiger partial charge in [0, 0.05) is 12.6 Å². The van der Waals surface area contributed by atoms with Crippen molar-refractivity contribution in [1.29, 1.82) is 5.26 Å². The predicted octanol–water partition coefficient (Wildman–Crippen LogP) is 4.80. The number of nitrogens with zero attached hydrogens (tertiary/aromatic N) is 2. The summed E-state index contributed by atoms with van der Waals surface area (Å²) in [5.41, 5.74) is 1.33. The van der Waals surface area contributed by atoms with Crippen LogP contribution in [0.4, 0.5) is 0 Å². The van der Waals surface area contributed by atoms with Gasteiger partial charge in [0.05, 0.1) is 46.5 Å². The maximum Gasteiger partial charge on any atom is 0.161 e. The van der Waals surface area contributed by atoms with Crippen LogP contribution in [0.25, 0.3) is 0 Å². The summed E-state index contributed by atoms with van der Waals surface area (Å²) in [6, 6.07) is 14.2. The number of likely N-dealkylation sites (N-methyl/N-ethyl adjacent to an activating group) is 1. The van der Waals surface area contributed by atoms with Crippen molar-refractivity contribution >= 4 is 0 Å². The maximum absolute atomic E-state index is 10.3. The van der Waals surface area contributed by atoms with E-state index in [4.69, 9.17) is 18.9 Å². The number of hydrogen-bond acceptors (Lipinski definition) is 7. The Balaban J connectivity index is 2.14. The van der Waals surface area contributed by atoms with Crippen LogP contribution in [0.5, 0.6) is 23.0 Å². The van der Waals surface area contributed by atoms with Gasteiger partial charge in [0.2, 0.25) is 0 Å². The Morgan fingerprint density at radius 3 is 2.00 bits per heavy atom. The summed E-state index contributed by atoms with van der Waals surface area (Å²) < 4.78 is 21.6. The number of rotatable bonds is 14. The molecule has 2 aromatic rings. The fourth-order valence-corrected chi connectivity index (χ4v) is 4.59. The third-order valence-electron chi connectivity index (χ3n) is 6.91. The zero-order chi connectivity index (χ0) is 26.0. The zero-order valence-corrected chi connectivity index (χ0v) is 22.1. The third-order valence-corrected chi connectivity index (χ3v) is 6.91. The normalized spacial score (nSPS) is 13.7. The molecule has 7 heteroatoms. The Morgan fingerprint density at radius 1 is 0.914 bits per heavy atom. The van der Waals surface area contributed by atoms with Crippen LogP contribution < -0.4 is 18.9 Å². The van der Waals surface area contributed by atoms with Crippen molar-refractivity contribution in [3.8, 4) is 29.1 Å². The van der Waals surface area contributed by atoms with Crippen LogP contribution in [0.1, 0.15) is 44.2 Å². The number of nitriles is 1. The lowest BCUT2D eigenvalue weighted by molar-refractivity contribution is 0.130. The van der Waals surface area contributed by atoms with E-state index >= 15 is 0 Å². The van der Waals surface area contributed by atoms with Crippen molar-refractivity contribution in [2.24, 2.45) is 5.92 Å². The first-order chi connectivity index (χ1) is 16.8. The van der Waals surface area contributed by atoms with E-state index in [1.165, 1.54) is 0 Å². The van der Waals surface area contributed by atoms with E-state index in [1.54, 1.807) is 28.4 Å². The molecule has 0 spiro atoms. The second-order valence-corrected chi connectivity index (χ2v) is 9.14. The van der Waals surface area contributed by atoms with Crippen molar-refractivity contribution in [3.63, 3.8) is 0 Å². The number of aliphatic hydroxyl groups excluding tert-OH is 1. The average molecular weight is 485 g/mol. The highest BCUT2D eigenvalue weighted by atomic mass is 16.5. The topological polar surface area (TPSA) is 84.2 Å². The molecule has 0 fully saturated rings. The molecule has 0 aromatic heterocycles. The van der Waals surface area contributed by atoms with Gasteiger partial charge in [-0.25, -0.2) is 0 Å². The SMILES string of the molecule is COc1ccc(CN(C)C(CO)CCCC(C#N)(c2ccc(OC)c(OC)c2)C(C)C)cc1OC. The molecule has 0 aliphatic rings. The first-order valence-corrected chi connectivity index (χ1v) is 12.0. The second kappa shape index (κ2) is 13.2. The van der Waals surface area contributed by atoms with Gasteiger partial charge >= 0.3 is 0 Å². The number of hydrogen-bond donors (Lipinski definition) is 1. The molecule has 0 saturated carbocycles. The highest BCUT2D eigenvalue weighted by molar-refractivity contribution is 5.47.